The Morgan fingerprint density at radius 3 is 1.78 bits per heavy atom. The first kappa shape index (κ1) is 25.1. The Labute approximate surface area is 264 Å². The van der Waals surface area contributed by atoms with E-state index in [1.807, 2.05) is 12.1 Å². The minimum absolute atomic E-state index is 0.664. The molecule has 0 atom stereocenters. The smallest absolute Gasteiger partial charge is 0.235 e. The third-order valence-electron chi connectivity index (χ3n) is 9.32. The molecule has 7 aromatic carbocycles. The van der Waals surface area contributed by atoms with Crippen LogP contribution in [0.25, 0.3) is 88.2 Å². The molecule has 0 amide bonds. The second kappa shape index (κ2) is 9.62. The van der Waals surface area contributed by atoms with Crippen molar-refractivity contribution in [2.24, 2.45) is 0 Å². The third kappa shape index (κ3) is 3.55. The number of nitrogens with zero attached hydrogens (tertiary/aromatic N) is 4. The lowest BCUT2D eigenvalue weighted by Gasteiger charge is -2.12. The number of fused-ring (bicyclic) bond motifs is 9. The number of hydrogen-bond donors (Lipinski definition) is 0. The maximum atomic E-state index is 5.29. The van der Waals surface area contributed by atoms with Crippen molar-refractivity contribution in [1.82, 2.24) is 19.1 Å². The molecular formula is C42H26N4. The predicted molar refractivity (Wildman–Crippen MR) is 191 cm³/mol. The van der Waals surface area contributed by atoms with E-state index in [2.05, 4.69) is 155 Å². The molecule has 4 nitrogen and oxygen atoms in total. The fourth-order valence-electron chi connectivity index (χ4n) is 7.31. The van der Waals surface area contributed by atoms with Gasteiger partial charge in [-0.3, -0.25) is 4.57 Å². The van der Waals surface area contributed by atoms with Crippen LogP contribution in [0.15, 0.2) is 158 Å². The summed E-state index contributed by atoms with van der Waals surface area (Å²) in [4.78, 5) is 10.5. The molecule has 0 aliphatic carbocycles. The van der Waals surface area contributed by atoms with E-state index >= 15 is 0 Å². The highest BCUT2D eigenvalue weighted by atomic mass is 15.2. The van der Waals surface area contributed by atoms with E-state index in [4.69, 9.17) is 9.97 Å². The van der Waals surface area contributed by atoms with Gasteiger partial charge >= 0.3 is 0 Å². The number of para-hydroxylation sites is 3. The fraction of sp³-hybridized carbons (Fsp3) is 0. The maximum absolute atomic E-state index is 5.29. The largest absolute Gasteiger partial charge is 0.309 e. The van der Waals surface area contributed by atoms with Crippen LogP contribution in [0.3, 0.4) is 0 Å². The van der Waals surface area contributed by atoms with Crippen LogP contribution >= 0.6 is 0 Å². The van der Waals surface area contributed by atoms with Crippen LogP contribution in [0.2, 0.25) is 0 Å². The number of benzene rings is 7. The molecule has 214 valence electrons. The number of hydrogen-bond acceptors (Lipinski definition) is 2. The van der Waals surface area contributed by atoms with Gasteiger partial charge in [0.1, 0.15) is 0 Å². The summed E-state index contributed by atoms with van der Waals surface area (Å²) in [6.07, 6.45) is 0. The highest BCUT2D eigenvalue weighted by molar-refractivity contribution is 6.22. The normalized spacial score (nSPS) is 11.9. The average molecular weight is 587 g/mol. The molecule has 0 aliphatic rings. The molecule has 0 fully saturated rings. The molecule has 3 aromatic heterocycles. The van der Waals surface area contributed by atoms with E-state index in [-0.39, 0.29) is 0 Å². The minimum atomic E-state index is 0.664. The molecule has 4 heteroatoms. The molecule has 46 heavy (non-hydrogen) atoms. The van der Waals surface area contributed by atoms with Gasteiger partial charge in [0.05, 0.1) is 33.3 Å². The van der Waals surface area contributed by atoms with Gasteiger partial charge < -0.3 is 4.57 Å². The van der Waals surface area contributed by atoms with Crippen molar-refractivity contribution >= 4 is 65.3 Å². The van der Waals surface area contributed by atoms with Gasteiger partial charge in [0, 0.05) is 38.2 Å². The lowest BCUT2D eigenvalue weighted by Crippen LogP contribution is -2.03. The van der Waals surface area contributed by atoms with Gasteiger partial charge in [-0.25, -0.2) is 9.97 Å². The molecule has 0 saturated heterocycles. The zero-order valence-corrected chi connectivity index (χ0v) is 24.8. The number of rotatable bonds is 3. The highest BCUT2D eigenvalue weighted by Crippen LogP contribution is 2.40. The quantitative estimate of drug-likeness (QED) is 0.206. The Bertz CT molecular complexity index is 2750. The van der Waals surface area contributed by atoms with Crippen LogP contribution in [-0.2, 0) is 0 Å². The molecule has 0 unspecified atom stereocenters. The van der Waals surface area contributed by atoms with Crippen molar-refractivity contribution in [2.45, 2.75) is 0 Å². The SMILES string of the molecule is c1ccc(-c2nc(-n3c4ccc(-n5c6ccccc6c6ccccc65)cc4c4c5ccccc5ccc43)nc3ccccc23)cc1. The van der Waals surface area contributed by atoms with E-state index in [9.17, 15) is 0 Å². The molecular weight excluding hydrogens is 560 g/mol. The van der Waals surface area contributed by atoms with E-state index < -0.39 is 0 Å². The van der Waals surface area contributed by atoms with E-state index in [1.165, 1.54) is 43.4 Å². The molecule has 0 radical (unpaired) electrons. The molecule has 10 aromatic rings. The lowest BCUT2D eigenvalue weighted by molar-refractivity contribution is 1.01. The topological polar surface area (TPSA) is 35.6 Å². The van der Waals surface area contributed by atoms with Crippen LogP contribution in [0, 0.1) is 0 Å². The Morgan fingerprint density at radius 1 is 0.391 bits per heavy atom. The van der Waals surface area contributed by atoms with Gasteiger partial charge in [-0.15, -0.1) is 0 Å². The second-order valence-electron chi connectivity index (χ2n) is 11.8. The third-order valence-corrected chi connectivity index (χ3v) is 9.32. The van der Waals surface area contributed by atoms with E-state index in [0.717, 1.165) is 38.9 Å². The summed E-state index contributed by atoms with van der Waals surface area (Å²) in [5.41, 5.74) is 8.60. The molecule has 3 heterocycles. The summed E-state index contributed by atoms with van der Waals surface area (Å²) >= 11 is 0. The van der Waals surface area contributed by atoms with Crippen LogP contribution in [0.5, 0.6) is 0 Å². The molecule has 0 N–H and O–H groups in total. The summed E-state index contributed by atoms with van der Waals surface area (Å²) in [6.45, 7) is 0. The molecule has 10 rings (SSSR count). The summed E-state index contributed by atoms with van der Waals surface area (Å²) in [6, 6.07) is 55.9. The van der Waals surface area contributed by atoms with Crippen molar-refractivity contribution in [1.29, 1.82) is 0 Å². The molecule has 0 saturated carbocycles. The van der Waals surface area contributed by atoms with Gasteiger partial charge in [-0.2, -0.15) is 0 Å². The standard InChI is InChI=1S/C42H26N4/c1-2-13-28(14-3-1)41-33-18-6-9-19-35(33)43-42(44-41)46-38-25-23-29(26-34(38)40-30-15-5-4-12-27(30)22-24-39(40)46)45-36-20-10-7-16-31(36)32-17-8-11-21-37(32)45/h1-26H. The van der Waals surface area contributed by atoms with Crippen LogP contribution in [-0.4, -0.2) is 19.1 Å². The number of aromatic nitrogens is 4. The molecule has 0 aliphatic heterocycles. The zero-order valence-electron chi connectivity index (χ0n) is 24.8. The molecule has 0 bridgehead atoms. The van der Waals surface area contributed by atoms with Gasteiger partial charge in [-0.1, -0.05) is 115 Å². The predicted octanol–water partition coefficient (Wildman–Crippen LogP) is 10.6. The van der Waals surface area contributed by atoms with Crippen molar-refractivity contribution < 1.29 is 0 Å². The van der Waals surface area contributed by atoms with Crippen molar-refractivity contribution in [2.75, 3.05) is 0 Å². The van der Waals surface area contributed by atoms with Crippen LogP contribution < -0.4 is 0 Å². The molecule has 0 spiro atoms. The van der Waals surface area contributed by atoms with Gasteiger partial charge in [0.15, 0.2) is 0 Å². The first-order chi connectivity index (χ1) is 22.8. The monoisotopic (exact) mass is 586 g/mol. The van der Waals surface area contributed by atoms with Gasteiger partial charge in [0.25, 0.3) is 0 Å². The van der Waals surface area contributed by atoms with E-state index in [0.29, 0.717) is 5.95 Å². The van der Waals surface area contributed by atoms with Gasteiger partial charge in [0.2, 0.25) is 5.95 Å². The first-order valence-electron chi connectivity index (χ1n) is 15.6. The summed E-state index contributed by atoms with van der Waals surface area (Å²) < 4.78 is 4.63. The van der Waals surface area contributed by atoms with Crippen molar-refractivity contribution in [3.8, 4) is 22.9 Å². The van der Waals surface area contributed by atoms with Crippen molar-refractivity contribution in [3.05, 3.63) is 158 Å². The Morgan fingerprint density at radius 2 is 1.00 bits per heavy atom. The second-order valence-corrected chi connectivity index (χ2v) is 11.8. The van der Waals surface area contributed by atoms with Gasteiger partial charge in [-0.05, 0) is 53.2 Å². The first-order valence-corrected chi connectivity index (χ1v) is 15.6. The van der Waals surface area contributed by atoms with Crippen LogP contribution in [0.4, 0.5) is 0 Å². The lowest BCUT2D eigenvalue weighted by atomic mass is 10.0. The minimum Gasteiger partial charge on any atom is -0.309 e. The van der Waals surface area contributed by atoms with Crippen LogP contribution in [0.1, 0.15) is 0 Å². The summed E-state index contributed by atoms with van der Waals surface area (Å²) in [5, 5.41) is 8.34. The summed E-state index contributed by atoms with van der Waals surface area (Å²) in [5.74, 6) is 0.664. The average Bonchev–Trinajstić information content (AvgIpc) is 3.64. The van der Waals surface area contributed by atoms with Crippen molar-refractivity contribution in [3.63, 3.8) is 0 Å². The Hall–Kier alpha value is -6.26. The van der Waals surface area contributed by atoms with E-state index in [1.54, 1.807) is 0 Å². The summed E-state index contributed by atoms with van der Waals surface area (Å²) in [7, 11) is 0. The zero-order chi connectivity index (χ0) is 30.2. The maximum Gasteiger partial charge on any atom is 0.235 e. The fourth-order valence-corrected chi connectivity index (χ4v) is 7.31. The Kier molecular flexibility index (Phi) is 5.25. The Balaban J connectivity index is 1.33. The highest BCUT2D eigenvalue weighted by Gasteiger charge is 2.20.